The van der Waals surface area contributed by atoms with E-state index in [0.29, 0.717) is 7.18 Å². The summed E-state index contributed by atoms with van der Waals surface area (Å²) in [5.74, 6) is 0. The third kappa shape index (κ3) is 1900. The minimum absolute atomic E-state index is 0.139. The molecule has 0 amide bonds. The van der Waals surface area contributed by atoms with Crippen LogP contribution in [0.2, 0.25) is 19.6 Å². The molecule has 0 spiro atoms. The summed E-state index contributed by atoms with van der Waals surface area (Å²) in [4.78, 5) is 0. The highest BCUT2D eigenvalue weighted by atomic mass is 28.3. The van der Waals surface area contributed by atoms with Crippen molar-refractivity contribution in [3.05, 3.63) is 0 Å². The van der Waals surface area contributed by atoms with Crippen LogP contribution < -0.4 is 0 Å². The fourth-order valence-electron chi connectivity index (χ4n) is 0. The van der Waals surface area contributed by atoms with Crippen LogP contribution in [0.25, 0.3) is 0 Å². The summed E-state index contributed by atoms with van der Waals surface area (Å²) in [6.45, 7) is 6.92. The minimum Gasteiger partial charge on any atom is -0.255 e. The summed E-state index contributed by atoms with van der Waals surface area (Å²) < 4.78 is 9.50. The summed E-state index contributed by atoms with van der Waals surface area (Å²) in [5.41, 5.74) is 0. The molecule has 6 heavy (non-hydrogen) atoms. The van der Waals surface area contributed by atoms with Crippen molar-refractivity contribution in [2.75, 3.05) is 7.18 Å². The zero-order chi connectivity index (χ0) is 5.58. The van der Waals surface area contributed by atoms with Crippen molar-refractivity contribution >= 4 is 8.80 Å². The van der Waals surface area contributed by atoms with Gasteiger partial charge in [0.05, 0.1) is 7.18 Å². The smallest absolute Gasteiger partial charge is 0.0785 e. The Hall–Kier alpha value is 0.147. The number of alkyl halides is 1. The first kappa shape index (κ1) is 9.47. The lowest BCUT2D eigenvalue weighted by molar-refractivity contribution is 0.636. The molecule has 0 aromatic rings. The molecule has 0 nitrogen and oxygen atoms in total. The average molecular weight is 108 g/mol. The SMILES string of the molecule is CF.C[SiH](C)C. The van der Waals surface area contributed by atoms with Crippen LogP contribution in [0.15, 0.2) is 0 Å². The molecule has 0 bridgehead atoms. The van der Waals surface area contributed by atoms with Crippen LogP contribution in [0.5, 0.6) is 0 Å². The molecule has 40 valence electrons. The van der Waals surface area contributed by atoms with Crippen molar-refractivity contribution in [1.82, 2.24) is 0 Å². The second-order valence-corrected chi connectivity index (χ2v) is 5.20. The van der Waals surface area contributed by atoms with E-state index in [4.69, 9.17) is 0 Å². The molecule has 2 heteroatoms. The Bertz CT molecular complexity index is 12.3. The van der Waals surface area contributed by atoms with Crippen LogP contribution in [0, 0.1) is 0 Å². The second kappa shape index (κ2) is 8.94. The van der Waals surface area contributed by atoms with E-state index in [-0.39, 0.29) is 8.80 Å². The van der Waals surface area contributed by atoms with Gasteiger partial charge in [0.1, 0.15) is 0 Å². The van der Waals surface area contributed by atoms with Gasteiger partial charge in [-0.2, -0.15) is 0 Å². The Labute approximate surface area is 41.0 Å². The third-order valence-corrected chi connectivity index (χ3v) is 0. The van der Waals surface area contributed by atoms with Crippen LogP contribution in [-0.2, 0) is 0 Å². The molecular weight excluding hydrogens is 95.1 g/mol. The molecule has 0 unspecified atom stereocenters. The predicted octanol–water partition coefficient (Wildman–Crippen LogP) is 1.69. The quantitative estimate of drug-likeness (QED) is 0.414. The largest absolute Gasteiger partial charge is 0.255 e. The van der Waals surface area contributed by atoms with Crippen LogP contribution in [0.1, 0.15) is 0 Å². The minimum atomic E-state index is -0.139. The normalized spacial score (nSPS) is 7.00. The monoisotopic (exact) mass is 108 g/mol. The summed E-state index contributed by atoms with van der Waals surface area (Å²) in [5, 5.41) is 0. The lowest BCUT2D eigenvalue weighted by atomic mass is 11.8. The topological polar surface area (TPSA) is 0 Å². The van der Waals surface area contributed by atoms with Gasteiger partial charge < -0.3 is 0 Å². The van der Waals surface area contributed by atoms with Crippen molar-refractivity contribution in [3.63, 3.8) is 0 Å². The van der Waals surface area contributed by atoms with E-state index in [2.05, 4.69) is 19.6 Å². The fourth-order valence-corrected chi connectivity index (χ4v) is 0. The van der Waals surface area contributed by atoms with Gasteiger partial charge in [0.15, 0.2) is 0 Å². The summed E-state index contributed by atoms with van der Waals surface area (Å²) in [6, 6.07) is 0. The molecule has 0 aromatic heterocycles. The van der Waals surface area contributed by atoms with Crippen molar-refractivity contribution in [3.8, 4) is 0 Å². The van der Waals surface area contributed by atoms with E-state index in [1.807, 2.05) is 0 Å². The van der Waals surface area contributed by atoms with E-state index in [1.165, 1.54) is 0 Å². The standard InChI is InChI=1S/C3H10Si.CH3F/c1-4(2)3;1-2/h4H,1-3H3;1H3. The predicted molar refractivity (Wildman–Crippen MR) is 31.8 cm³/mol. The Morgan fingerprint density at radius 3 is 1.00 bits per heavy atom. The molecule has 0 N–H and O–H groups in total. The van der Waals surface area contributed by atoms with Crippen molar-refractivity contribution in [1.29, 1.82) is 0 Å². The van der Waals surface area contributed by atoms with E-state index in [9.17, 15) is 4.39 Å². The van der Waals surface area contributed by atoms with Crippen LogP contribution in [0.4, 0.5) is 4.39 Å². The van der Waals surface area contributed by atoms with E-state index in [1.54, 1.807) is 0 Å². The first-order valence-electron chi connectivity index (χ1n) is 2.11. The van der Waals surface area contributed by atoms with Gasteiger partial charge in [-0.1, -0.05) is 19.6 Å². The number of rotatable bonds is 0. The molecule has 0 atom stereocenters. The van der Waals surface area contributed by atoms with Gasteiger partial charge in [0.2, 0.25) is 0 Å². The molecule has 0 radical (unpaired) electrons. The highest BCUT2D eigenvalue weighted by Gasteiger charge is 1.71. The second-order valence-electron chi connectivity index (χ2n) is 1.73. The molecule has 0 aliphatic heterocycles. The lowest BCUT2D eigenvalue weighted by Gasteiger charge is -1.75. The van der Waals surface area contributed by atoms with Gasteiger partial charge >= 0.3 is 0 Å². The summed E-state index contributed by atoms with van der Waals surface area (Å²) in [6.07, 6.45) is 0. The molecule has 0 saturated carbocycles. The maximum absolute atomic E-state index is 9.50. The number of hydrogen-bond acceptors (Lipinski definition) is 0. The number of hydrogen-bond donors (Lipinski definition) is 0. The lowest BCUT2D eigenvalue weighted by Crippen LogP contribution is -1.84. The zero-order valence-corrected chi connectivity index (χ0v) is 6.11. The average Bonchev–Trinajstić information content (AvgIpc) is 1.41. The van der Waals surface area contributed by atoms with Crippen LogP contribution in [-0.4, -0.2) is 16.0 Å². The first-order chi connectivity index (χ1) is 2.73. The van der Waals surface area contributed by atoms with Gasteiger partial charge in [-0.3, -0.25) is 4.39 Å². The molecular formula is C4H13FSi. The molecule has 0 saturated heterocycles. The number of halogens is 1. The van der Waals surface area contributed by atoms with Crippen LogP contribution >= 0.6 is 0 Å². The Balaban J connectivity index is 0. The maximum atomic E-state index is 9.50. The summed E-state index contributed by atoms with van der Waals surface area (Å²) >= 11 is 0. The molecule has 0 fully saturated rings. The van der Waals surface area contributed by atoms with Crippen molar-refractivity contribution < 1.29 is 4.39 Å². The molecule has 0 aliphatic rings. The Morgan fingerprint density at radius 1 is 1.00 bits per heavy atom. The van der Waals surface area contributed by atoms with Gasteiger partial charge in [0.25, 0.3) is 0 Å². The van der Waals surface area contributed by atoms with E-state index >= 15 is 0 Å². The van der Waals surface area contributed by atoms with Gasteiger partial charge in [-0.15, -0.1) is 0 Å². The Kier molecular flexibility index (Phi) is 14.1. The van der Waals surface area contributed by atoms with Crippen molar-refractivity contribution in [2.45, 2.75) is 19.6 Å². The van der Waals surface area contributed by atoms with E-state index in [0.717, 1.165) is 0 Å². The zero-order valence-electron chi connectivity index (χ0n) is 4.96. The third-order valence-electron chi connectivity index (χ3n) is 0. The molecule has 0 heterocycles. The Morgan fingerprint density at radius 2 is 1.00 bits per heavy atom. The summed E-state index contributed by atoms with van der Waals surface area (Å²) in [7, 11) is 0.361. The van der Waals surface area contributed by atoms with Gasteiger partial charge in [-0.05, 0) is 0 Å². The van der Waals surface area contributed by atoms with Crippen LogP contribution in [0.3, 0.4) is 0 Å². The van der Waals surface area contributed by atoms with E-state index < -0.39 is 0 Å². The first-order valence-corrected chi connectivity index (χ1v) is 5.57. The molecule has 0 rings (SSSR count). The van der Waals surface area contributed by atoms with Crippen molar-refractivity contribution in [2.24, 2.45) is 0 Å². The highest BCUT2D eigenvalue weighted by Crippen LogP contribution is 1.68. The maximum Gasteiger partial charge on any atom is 0.0785 e. The molecule has 0 aliphatic carbocycles. The molecule has 0 aromatic carbocycles. The van der Waals surface area contributed by atoms with Gasteiger partial charge in [0, 0.05) is 8.80 Å². The van der Waals surface area contributed by atoms with Gasteiger partial charge in [-0.25, -0.2) is 0 Å². The fraction of sp³-hybridized carbons (Fsp3) is 1.00. The highest BCUT2D eigenvalue weighted by molar-refractivity contribution is 6.54.